The first-order valence-electron chi connectivity index (χ1n) is 4.82. The van der Waals surface area contributed by atoms with Crippen molar-refractivity contribution in [2.45, 2.75) is 4.90 Å². The molecule has 1 aromatic heterocycles. The highest BCUT2D eigenvalue weighted by Crippen LogP contribution is 2.11. The number of ether oxygens (including phenoxy) is 1. The number of aryl methyl sites for hydroxylation is 1. The Balaban J connectivity index is 2.85. The monoisotopic (exact) mass is 261 g/mol. The summed E-state index contributed by atoms with van der Waals surface area (Å²) in [4.78, 5) is 11.6. The lowest BCUT2D eigenvalue weighted by molar-refractivity contribution is 0.0929. The lowest BCUT2D eigenvalue weighted by atomic mass is 10.4. The summed E-state index contributed by atoms with van der Waals surface area (Å²) in [6, 6.07) is 1.23. The van der Waals surface area contributed by atoms with Crippen LogP contribution in [0.2, 0.25) is 0 Å². The zero-order valence-corrected chi connectivity index (χ0v) is 10.5. The second-order valence-corrected chi connectivity index (χ2v) is 5.03. The van der Waals surface area contributed by atoms with E-state index in [0.717, 1.165) is 0 Å². The molecule has 0 aromatic carbocycles. The van der Waals surface area contributed by atoms with E-state index in [1.165, 1.54) is 23.9 Å². The topological polar surface area (TPSA) is 103 Å². The van der Waals surface area contributed by atoms with Gasteiger partial charge in [-0.15, -0.1) is 0 Å². The smallest absolute Gasteiger partial charge is 0.268 e. The number of carbonyl (C=O) groups is 1. The molecule has 0 aliphatic rings. The van der Waals surface area contributed by atoms with E-state index in [1.54, 1.807) is 7.05 Å². The number of hydrogen-bond acceptors (Lipinski definition) is 4. The molecule has 0 spiro atoms. The summed E-state index contributed by atoms with van der Waals surface area (Å²) in [5.41, 5.74) is 0.227. The third kappa shape index (κ3) is 3.55. The van der Waals surface area contributed by atoms with Crippen molar-refractivity contribution in [1.82, 2.24) is 9.88 Å². The molecule has 3 N–H and O–H groups in total. The van der Waals surface area contributed by atoms with Gasteiger partial charge < -0.3 is 14.6 Å². The largest absolute Gasteiger partial charge is 0.383 e. The molecule has 0 aliphatic carbocycles. The van der Waals surface area contributed by atoms with Crippen molar-refractivity contribution in [1.29, 1.82) is 0 Å². The summed E-state index contributed by atoms with van der Waals surface area (Å²) >= 11 is 0. The average molecular weight is 261 g/mol. The minimum atomic E-state index is -3.79. The molecule has 0 fully saturated rings. The Kier molecular flexibility index (Phi) is 4.27. The number of sulfonamides is 1. The van der Waals surface area contributed by atoms with Crippen molar-refractivity contribution in [3.8, 4) is 0 Å². The second kappa shape index (κ2) is 5.30. The number of aromatic nitrogens is 1. The number of nitrogens with one attached hydrogen (secondary N) is 1. The fourth-order valence-corrected chi connectivity index (χ4v) is 1.85. The molecule has 0 saturated heterocycles. The molecule has 0 atom stereocenters. The molecular weight excluding hydrogens is 246 g/mol. The highest BCUT2D eigenvalue weighted by molar-refractivity contribution is 7.89. The first kappa shape index (κ1) is 13.7. The minimum Gasteiger partial charge on any atom is -0.383 e. The summed E-state index contributed by atoms with van der Waals surface area (Å²) in [7, 11) is -0.698. The number of carbonyl (C=O) groups excluding carboxylic acids is 1. The van der Waals surface area contributed by atoms with Crippen LogP contribution < -0.4 is 10.5 Å². The summed E-state index contributed by atoms with van der Waals surface area (Å²) in [5.74, 6) is -0.376. The molecule has 1 amide bonds. The third-order valence-corrected chi connectivity index (χ3v) is 3.01. The van der Waals surface area contributed by atoms with Gasteiger partial charge in [-0.05, 0) is 6.07 Å². The Morgan fingerprint density at radius 1 is 1.59 bits per heavy atom. The molecule has 1 heterocycles. The molecular formula is C9H15N3O4S. The van der Waals surface area contributed by atoms with Crippen LogP contribution in [0.4, 0.5) is 0 Å². The van der Waals surface area contributed by atoms with Crippen molar-refractivity contribution < 1.29 is 17.9 Å². The van der Waals surface area contributed by atoms with E-state index in [1.807, 2.05) is 0 Å². The Hall–Kier alpha value is -1.38. The molecule has 7 nitrogen and oxygen atoms in total. The Labute approximate surface area is 99.6 Å². The van der Waals surface area contributed by atoms with Crippen LogP contribution in [0.15, 0.2) is 17.2 Å². The maximum atomic E-state index is 11.7. The predicted molar refractivity (Wildman–Crippen MR) is 61.0 cm³/mol. The van der Waals surface area contributed by atoms with Gasteiger partial charge in [-0.3, -0.25) is 4.79 Å². The molecule has 8 heteroatoms. The molecule has 0 bridgehead atoms. The number of rotatable bonds is 5. The van der Waals surface area contributed by atoms with Gasteiger partial charge in [0, 0.05) is 26.9 Å². The quantitative estimate of drug-likeness (QED) is 0.667. The number of primary sulfonamides is 1. The van der Waals surface area contributed by atoms with Crippen LogP contribution >= 0.6 is 0 Å². The number of nitrogens with two attached hydrogens (primary N) is 1. The van der Waals surface area contributed by atoms with E-state index in [4.69, 9.17) is 9.88 Å². The van der Waals surface area contributed by atoms with Crippen molar-refractivity contribution >= 4 is 15.9 Å². The van der Waals surface area contributed by atoms with Gasteiger partial charge in [0.05, 0.1) is 6.61 Å². The van der Waals surface area contributed by atoms with Gasteiger partial charge in [0.25, 0.3) is 5.91 Å². The predicted octanol–water partition coefficient (Wildman–Crippen LogP) is -0.951. The summed E-state index contributed by atoms with van der Waals surface area (Å²) in [5, 5.41) is 7.55. The molecule has 17 heavy (non-hydrogen) atoms. The first-order chi connectivity index (χ1) is 7.86. The van der Waals surface area contributed by atoms with Crippen LogP contribution in [0.3, 0.4) is 0 Å². The normalized spacial score (nSPS) is 11.5. The van der Waals surface area contributed by atoms with E-state index in [2.05, 4.69) is 5.32 Å². The van der Waals surface area contributed by atoms with Crippen LogP contribution in [0.5, 0.6) is 0 Å². The van der Waals surface area contributed by atoms with Gasteiger partial charge in [0.1, 0.15) is 10.6 Å². The van der Waals surface area contributed by atoms with Gasteiger partial charge in [-0.25, -0.2) is 13.6 Å². The van der Waals surface area contributed by atoms with Crippen molar-refractivity contribution in [2.75, 3.05) is 20.3 Å². The van der Waals surface area contributed by atoms with E-state index in [9.17, 15) is 13.2 Å². The van der Waals surface area contributed by atoms with Crippen molar-refractivity contribution in [2.24, 2.45) is 12.2 Å². The zero-order chi connectivity index (χ0) is 13.1. The number of amides is 1. The van der Waals surface area contributed by atoms with E-state index < -0.39 is 10.0 Å². The molecule has 1 aromatic rings. The van der Waals surface area contributed by atoms with Crippen LogP contribution in [0.1, 0.15) is 10.5 Å². The highest BCUT2D eigenvalue weighted by Gasteiger charge is 2.16. The van der Waals surface area contributed by atoms with E-state index >= 15 is 0 Å². The summed E-state index contributed by atoms with van der Waals surface area (Å²) in [6.45, 7) is 0.740. The van der Waals surface area contributed by atoms with Gasteiger partial charge >= 0.3 is 0 Å². The number of methoxy groups -OCH3 is 1. The standard InChI is InChI=1S/C9H15N3O4S/c1-12-6-7(17(10,14)15)5-8(12)9(13)11-3-4-16-2/h5-6H,3-4H2,1-2H3,(H,11,13)(H2,10,14,15). The molecule has 0 aliphatic heterocycles. The molecule has 0 saturated carbocycles. The fraction of sp³-hybridized carbons (Fsp3) is 0.444. The van der Waals surface area contributed by atoms with Gasteiger partial charge in [0.2, 0.25) is 10.0 Å². The van der Waals surface area contributed by atoms with Crippen molar-refractivity contribution in [3.63, 3.8) is 0 Å². The van der Waals surface area contributed by atoms with Crippen LogP contribution in [-0.2, 0) is 21.8 Å². The van der Waals surface area contributed by atoms with Crippen LogP contribution in [0.25, 0.3) is 0 Å². The van der Waals surface area contributed by atoms with E-state index in [-0.39, 0.29) is 16.5 Å². The van der Waals surface area contributed by atoms with Gasteiger partial charge in [-0.2, -0.15) is 0 Å². The first-order valence-corrected chi connectivity index (χ1v) is 6.37. The Morgan fingerprint density at radius 3 is 2.71 bits per heavy atom. The maximum Gasteiger partial charge on any atom is 0.268 e. The summed E-state index contributed by atoms with van der Waals surface area (Å²) < 4.78 is 28.4. The SMILES string of the molecule is COCCNC(=O)c1cc(S(N)(=O)=O)cn1C. The lowest BCUT2D eigenvalue weighted by Gasteiger charge is -2.04. The molecule has 96 valence electrons. The number of nitrogens with zero attached hydrogens (tertiary/aromatic N) is 1. The zero-order valence-electron chi connectivity index (χ0n) is 9.63. The lowest BCUT2D eigenvalue weighted by Crippen LogP contribution is -2.28. The highest BCUT2D eigenvalue weighted by atomic mass is 32.2. The molecule has 0 radical (unpaired) electrons. The molecule has 1 rings (SSSR count). The Morgan fingerprint density at radius 2 is 2.24 bits per heavy atom. The maximum absolute atomic E-state index is 11.7. The van der Waals surface area contributed by atoms with Gasteiger partial charge in [-0.1, -0.05) is 0 Å². The molecule has 0 unspecified atom stereocenters. The second-order valence-electron chi connectivity index (χ2n) is 3.47. The van der Waals surface area contributed by atoms with E-state index in [0.29, 0.717) is 13.2 Å². The summed E-state index contributed by atoms with van der Waals surface area (Å²) in [6.07, 6.45) is 1.29. The van der Waals surface area contributed by atoms with Crippen LogP contribution in [0, 0.1) is 0 Å². The van der Waals surface area contributed by atoms with Crippen molar-refractivity contribution in [3.05, 3.63) is 18.0 Å². The third-order valence-electron chi connectivity index (χ3n) is 2.13. The van der Waals surface area contributed by atoms with Gasteiger partial charge in [0.15, 0.2) is 0 Å². The minimum absolute atomic E-state index is 0.0862. The number of hydrogen-bond donors (Lipinski definition) is 2. The Bertz CT molecular complexity index is 506. The average Bonchev–Trinajstić information content (AvgIpc) is 2.60. The van der Waals surface area contributed by atoms with Crippen LogP contribution in [-0.4, -0.2) is 39.2 Å². The fourth-order valence-electron chi connectivity index (χ4n) is 1.27.